The van der Waals surface area contributed by atoms with Gasteiger partial charge in [-0.1, -0.05) is 6.92 Å². The molecule has 5 heteroatoms. The summed E-state index contributed by atoms with van der Waals surface area (Å²) in [5, 5.41) is 8.60. The highest BCUT2D eigenvalue weighted by atomic mass is 127. The topological polar surface area (TPSA) is 50.4 Å². The first-order chi connectivity index (χ1) is 6.24. The monoisotopic (exact) mass is 309 g/mol. The second-order valence-corrected chi connectivity index (χ2v) is 2.59. The van der Waals surface area contributed by atoms with Crippen LogP contribution in [0.1, 0.15) is 23.7 Å². The van der Waals surface area contributed by atoms with Crippen molar-refractivity contribution in [3.8, 4) is 0 Å². The maximum atomic E-state index is 10.5. The van der Waals surface area contributed by atoms with Crippen LogP contribution in [0.25, 0.3) is 0 Å². The fourth-order valence-corrected chi connectivity index (χ4v) is 0.838. The number of carboxylic acids is 1. The summed E-state index contributed by atoms with van der Waals surface area (Å²) in [5.74, 6) is -0.928. The van der Waals surface area contributed by atoms with E-state index in [2.05, 4.69) is 0 Å². The summed E-state index contributed by atoms with van der Waals surface area (Å²) in [6.45, 7) is 2.63. The molecule has 0 atom stereocenters. The Hall–Kier alpha value is -0.850. The molecular formula is C9H12INO3. The SMILES string of the molecule is CCCO[n+]1ccc(C(=O)O)cc1.[I-]. The third-order valence-electron chi connectivity index (χ3n) is 1.49. The van der Waals surface area contributed by atoms with Crippen molar-refractivity contribution in [2.45, 2.75) is 13.3 Å². The van der Waals surface area contributed by atoms with Crippen molar-refractivity contribution in [2.24, 2.45) is 0 Å². The Morgan fingerprint density at radius 1 is 1.50 bits per heavy atom. The Morgan fingerprint density at radius 2 is 2.07 bits per heavy atom. The second kappa shape index (κ2) is 6.58. The molecule has 1 heterocycles. The van der Waals surface area contributed by atoms with Crippen LogP contribution in [0.5, 0.6) is 0 Å². The minimum atomic E-state index is -0.928. The van der Waals surface area contributed by atoms with Gasteiger partial charge in [0.25, 0.3) is 0 Å². The summed E-state index contributed by atoms with van der Waals surface area (Å²) in [6.07, 6.45) is 4.09. The number of aromatic carboxylic acids is 1. The van der Waals surface area contributed by atoms with Gasteiger partial charge in [0.2, 0.25) is 12.4 Å². The summed E-state index contributed by atoms with van der Waals surface area (Å²) < 4.78 is 1.50. The Balaban J connectivity index is 0.00000169. The third kappa shape index (κ3) is 3.91. The van der Waals surface area contributed by atoms with Gasteiger partial charge >= 0.3 is 5.97 Å². The van der Waals surface area contributed by atoms with Gasteiger partial charge in [0.05, 0.1) is 5.56 Å². The van der Waals surface area contributed by atoms with E-state index in [-0.39, 0.29) is 29.5 Å². The molecule has 14 heavy (non-hydrogen) atoms. The number of hydrogen-bond donors (Lipinski definition) is 1. The lowest BCUT2D eigenvalue weighted by Crippen LogP contribution is -3.00. The van der Waals surface area contributed by atoms with Gasteiger partial charge in [-0.2, -0.15) is 0 Å². The zero-order valence-corrected chi connectivity index (χ0v) is 9.97. The number of aromatic nitrogens is 1. The first kappa shape index (κ1) is 13.2. The van der Waals surface area contributed by atoms with E-state index in [1.54, 1.807) is 12.4 Å². The van der Waals surface area contributed by atoms with E-state index in [0.717, 1.165) is 6.42 Å². The lowest BCUT2D eigenvalue weighted by molar-refractivity contribution is -0.891. The van der Waals surface area contributed by atoms with E-state index in [1.165, 1.54) is 16.9 Å². The molecule has 0 aliphatic heterocycles. The predicted octanol–water partition coefficient (Wildman–Crippen LogP) is -2.49. The largest absolute Gasteiger partial charge is 1.00 e. The molecule has 1 aromatic heterocycles. The minimum absolute atomic E-state index is 0. The molecule has 0 radical (unpaired) electrons. The molecule has 0 fully saturated rings. The van der Waals surface area contributed by atoms with Gasteiger partial charge in [0.15, 0.2) is 6.61 Å². The predicted molar refractivity (Wildman–Crippen MR) is 45.3 cm³/mol. The third-order valence-corrected chi connectivity index (χ3v) is 1.49. The fraction of sp³-hybridized carbons (Fsp3) is 0.333. The number of pyridine rings is 1. The molecule has 0 spiro atoms. The van der Waals surface area contributed by atoms with Crippen LogP contribution in [0.4, 0.5) is 0 Å². The quantitative estimate of drug-likeness (QED) is 0.495. The lowest BCUT2D eigenvalue weighted by atomic mass is 10.3. The summed E-state index contributed by atoms with van der Waals surface area (Å²) in [5.41, 5.74) is 0.261. The summed E-state index contributed by atoms with van der Waals surface area (Å²) in [4.78, 5) is 15.7. The normalized spacial score (nSPS) is 8.93. The number of rotatable bonds is 4. The highest BCUT2D eigenvalue weighted by molar-refractivity contribution is 5.87. The average Bonchev–Trinajstić information content (AvgIpc) is 2.15. The molecule has 0 aromatic carbocycles. The van der Waals surface area contributed by atoms with Crippen LogP contribution in [-0.2, 0) is 0 Å². The van der Waals surface area contributed by atoms with Gasteiger partial charge in [-0.25, -0.2) is 4.79 Å². The average molecular weight is 309 g/mol. The van der Waals surface area contributed by atoms with Gasteiger partial charge in [0, 0.05) is 16.9 Å². The van der Waals surface area contributed by atoms with Gasteiger partial charge < -0.3 is 29.1 Å². The second-order valence-electron chi connectivity index (χ2n) is 2.59. The molecule has 1 N–H and O–H groups in total. The van der Waals surface area contributed by atoms with Crippen molar-refractivity contribution in [3.05, 3.63) is 30.1 Å². The number of carbonyl (C=O) groups is 1. The first-order valence-electron chi connectivity index (χ1n) is 4.12. The Bertz CT molecular complexity index is 287. The van der Waals surface area contributed by atoms with Crippen molar-refractivity contribution in [1.29, 1.82) is 0 Å². The van der Waals surface area contributed by atoms with E-state index in [9.17, 15) is 4.79 Å². The van der Waals surface area contributed by atoms with Crippen molar-refractivity contribution in [1.82, 2.24) is 0 Å². The van der Waals surface area contributed by atoms with Crippen LogP contribution in [0, 0.1) is 0 Å². The fourth-order valence-electron chi connectivity index (χ4n) is 0.838. The molecule has 0 saturated heterocycles. The van der Waals surface area contributed by atoms with Gasteiger partial charge in [0.1, 0.15) is 0 Å². The highest BCUT2D eigenvalue weighted by Crippen LogP contribution is 1.93. The van der Waals surface area contributed by atoms with Gasteiger partial charge in [-0.15, -0.1) is 0 Å². The van der Waals surface area contributed by atoms with E-state index in [1.807, 2.05) is 6.92 Å². The molecule has 0 bridgehead atoms. The van der Waals surface area contributed by atoms with Crippen molar-refractivity contribution in [2.75, 3.05) is 6.61 Å². The molecule has 0 aliphatic carbocycles. The van der Waals surface area contributed by atoms with Crippen LogP contribution in [0.2, 0.25) is 0 Å². The molecular weight excluding hydrogens is 297 g/mol. The van der Waals surface area contributed by atoms with Gasteiger partial charge in [-0.3, -0.25) is 4.84 Å². The zero-order valence-electron chi connectivity index (χ0n) is 7.81. The van der Waals surface area contributed by atoms with Crippen LogP contribution in [0.3, 0.4) is 0 Å². The summed E-state index contributed by atoms with van der Waals surface area (Å²) in [6, 6.07) is 3.00. The van der Waals surface area contributed by atoms with E-state index >= 15 is 0 Å². The van der Waals surface area contributed by atoms with Crippen molar-refractivity contribution >= 4 is 5.97 Å². The van der Waals surface area contributed by atoms with Gasteiger partial charge in [-0.05, 0) is 6.42 Å². The maximum Gasteiger partial charge on any atom is 0.336 e. The molecule has 1 aromatic rings. The molecule has 1 rings (SSSR count). The van der Waals surface area contributed by atoms with Crippen LogP contribution in [-0.4, -0.2) is 17.7 Å². The Morgan fingerprint density at radius 3 is 2.50 bits per heavy atom. The molecule has 0 saturated carbocycles. The van der Waals surface area contributed by atoms with E-state index in [0.29, 0.717) is 6.61 Å². The number of halogens is 1. The number of carboxylic acid groups (broad SMARTS) is 1. The number of hydrogen-bond acceptors (Lipinski definition) is 2. The Labute approximate surface area is 99.5 Å². The molecule has 0 aliphatic rings. The van der Waals surface area contributed by atoms with Crippen molar-refractivity contribution < 1.29 is 43.4 Å². The molecule has 4 nitrogen and oxygen atoms in total. The smallest absolute Gasteiger partial charge is 0.336 e. The maximum absolute atomic E-state index is 10.5. The number of nitrogens with zero attached hydrogens (tertiary/aromatic N) is 1. The van der Waals surface area contributed by atoms with Crippen molar-refractivity contribution in [3.63, 3.8) is 0 Å². The first-order valence-corrected chi connectivity index (χ1v) is 4.12. The lowest BCUT2D eigenvalue weighted by Gasteiger charge is -1.95. The standard InChI is InChI=1S/C9H11NO3.HI/c1-2-7-13-10-5-3-8(4-6-10)9(11)12;/h3-6H,2,7H2,1H3;1H. The van der Waals surface area contributed by atoms with Crippen LogP contribution >= 0.6 is 0 Å². The summed E-state index contributed by atoms with van der Waals surface area (Å²) in [7, 11) is 0. The summed E-state index contributed by atoms with van der Waals surface area (Å²) >= 11 is 0. The van der Waals surface area contributed by atoms with Crippen LogP contribution < -0.4 is 33.5 Å². The highest BCUT2D eigenvalue weighted by Gasteiger charge is 2.05. The molecule has 0 unspecified atom stereocenters. The van der Waals surface area contributed by atoms with Crippen LogP contribution in [0.15, 0.2) is 24.5 Å². The minimum Gasteiger partial charge on any atom is -1.00 e. The van der Waals surface area contributed by atoms with E-state index in [4.69, 9.17) is 9.94 Å². The zero-order chi connectivity index (χ0) is 9.68. The molecule has 78 valence electrons. The molecule has 0 amide bonds. The van der Waals surface area contributed by atoms with E-state index < -0.39 is 5.97 Å². The Kier molecular flexibility index (Phi) is 6.18.